The average Bonchev–Trinajstić information content (AvgIpc) is 2.78. The number of carbonyl (C=O) groups excluding carboxylic acids is 2. The lowest BCUT2D eigenvalue weighted by Crippen LogP contribution is -2.44. The molecule has 1 aromatic rings. The van der Waals surface area contributed by atoms with Crippen molar-refractivity contribution in [3.05, 3.63) is 29.3 Å². The Hall–Kier alpha value is -2.08. The minimum Gasteiger partial charge on any atom is -0.491 e. The van der Waals surface area contributed by atoms with Crippen LogP contribution in [0.4, 0.5) is 0 Å². The first-order valence-electron chi connectivity index (χ1n) is 9.11. The number of carbonyl (C=O) groups is 2. The molecule has 2 N–H and O–H groups in total. The van der Waals surface area contributed by atoms with Gasteiger partial charge in [-0.25, -0.2) is 0 Å². The van der Waals surface area contributed by atoms with Crippen LogP contribution in [-0.4, -0.2) is 55.5 Å². The fourth-order valence-corrected chi connectivity index (χ4v) is 3.38. The molecular formula is C19H27N3O3. The van der Waals surface area contributed by atoms with Crippen LogP contribution in [0, 0.1) is 5.92 Å². The highest BCUT2D eigenvalue weighted by Crippen LogP contribution is 2.22. The molecule has 25 heavy (non-hydrogen) atoms. The summed E-state index contributed by atoms with van der Waals surface area (Å²) in [5.41, 5.74) is 0.904. The standard InChI is InChI=1S/C19H27N3O3/c1-13-5-8-22(9-6-13)12-14(2)21-18(23)15-3-4-17-16(11-15)19(24)20-7-10-25-17/h3-4,11,13-14H,5-10,12H2,1-2H3,(H,20,24)(H,21,23). The highest BCUT2D eigenvalue weighted by Gasteiger charge is 2.21. The van der Waals surface area contributed by atoms with Gasteiger partial charge in [0.15, 0.2) is 0 Å². The summed E-state index contributed by atoms with van der Waals surface area (Å²) in [6.07, 6.45) is 2.45. The van der Waals surface area contributed by atoms with Crippen LogP contribution < -0.4 is 15.4 Å². The smallest absolute Gasteiger partial charge is 0.255 e. The van der Waals surface area contributed by atoms with E-state index in [1.165, 1.54) is 12.8 Å². The minimum absolute atomic E-state index is 0.0600. The van der Waals surface area contributed by atoms with Crippen molar-refractivity contribution in [2.75, 3.05) is 32.8 Å². The molecular weight excluding hydrogens is 318 g/mol. The van der Waals surface area contributed by atoms with Crippen molar-refractivity contribution >= 4 is 11.8 Å². The second-order valence-corrected chi connectivity index (χ2v) is 7.17. The first-order chi connectivity index (χ1) is 12.0. The van der Waals surface area contributed by atoms with Gasteiger partial charge < -0.3 is 20.3 Å². The summed E-state index contributed by atoms with van der Waals surface area (Å²) in [6.45, 7) is 8.27. The third kappa shape index (κ3) is 4.51. The zero-order chi connectivity index (χ0) is 17.8. The second kappa shape index (κ2) is 7.87. The van der Waals surface area contributed by atoms with Crippen molar-refractivity contribution in [2.45, 2.75) is 32.7 Å². The number of fused-ring (bicyclic) bond motifs is 1. The van der Waals surface area contributed by atoms with Gasteiger partial charge in [0.25, 0.3) is 11.8 Å². The van der Waals surface area contributed by atoms with Gasteiger partial charge in [0.2, 0.25) is 0 Å². The Morgan fingerprint density at radius 3 is 2.92 bits per heavy atom. The maximum Gasteiger partial charge on any atom is 0.255 e. The van der Waals surface area contributed by atoms with Gasteiger partial charge in [-0.1, -0.05) is 6.92 Å². The van der Waals surface area contributed by atoms with Crippen LogP contribution in [0.1, 0.15) is 47.4 Å². The molecule has 6 heteroatoms. The van der Waals surface area contributed by atoms with E-state index >= 15 is 0 Å². The number of ether oxygens (including phenoxy) is 1. The van der Waals surface area contributed by atoms with Gasteiger partial charge in [0.1, 0.15) is 12.4 Å². The topological polar surface area (TPSA) is 70.7 Å². The molecule has 1 saturated heterocycles. The Labute approximate surface area is 148 Å². The molecule has 2 amide bonds. The first-order valence-corrected chi connectivity index (χ1v) is 9.11. The van der Waals surface area contributed by atoms with E-state index in [1.807, 2.05) is 6.92 Å². The summed E-state index contributed by atoms with van der Waals surface area (Å²) in [5.74, 6) is 0.978. The number of piperidine rings is 1. The van der Waals surface area contributed by atoms with E-state index in [0.29, 0.717) is 30.0 Å². The fourth-order valence-electron chi connectivity index (χ4n) is 3.38. The normalized spacial score (nSPS) is 20.0. The molecule has 0 spiro atoms. The summed E-state index contributed by atoms with van der Waals surface area (Å²) in [5, 5.41) is 5.80. The molecule has 6 nitrogen and oxygen atoms in total. The van der Waals surface area contributed by atoms with Gasteiger partial charge in [-0.2, -0.15) is 0 Å². The van der Waals surface area contributed by atoms with Crippen LogP contribution >= 0.6 is 0 Å². The van der Waals surface area contributed by atoms with Crippen LogP contribution in [0.25, 0.3) is 0 Å². The molecule has 0 radical (unpaired) electrons. The minimum atomic E-state index is -0.197. The third-order valence-electron chi connectivity index (χ3n) is 4.92. The maximum absolute atomic E-state index is 12.5. The van der Waals surface area contributed by atoms with E-state index in [0.717, 1.165) is 25.6 Å². The van der Waals surface area contributed by atoms with Crippen LogP contribution in [-0.2, 0) is 0 Å². The van der Waals surface area contributed by atoms with Crippen LogP contribution in [0.2, 0.25) is 0 Å². The molecule has 3 rings (SSSR count). The van der Waals surface area contributed by atoms with Crippen molar-refractivity contribution in [3.63, 3.8) is 0 Å². The van der Waals surface area contributed by atoms with Crippen molar-refractivity contribution < 1.29 is 14.3 Å². The van der Waals surface area contributed by atoms with Gasteiger partial charge in [0.05, 0.1) is 12.1 Å². The van der Waals surface area contributed by atoms with Crippen molar-refractivity contribution in [1.29, 1.82) is 0 Å². The first kappa shape index (κ1) is 17.7. The molecule has 0 bridgehead atoms. The number of amides is 2. The van der Waals surface area contributed by atoms with Crippen molar-refractivity contribution in [1.82, 2.24) is 15.5 Å². The van der Waals surface area contributed by atoms with Crippen LogP contribution in [0.5, 0.6) is 5.75 Å². The third-order valence-corrected chi connectivity index (χ3v) is 4.92. The van der Waals surface area contributed by atoms with Crippen molar-refractivity contribution in [2.24, 2.45) is 5.92 Å². The molecule has 0 saturated carbocycles. The van der Waals surface area contributed by atoms with E-state index in [9.17, 15) is 9.59 Å². The lowest BCUT2D eigenvalue weighted by Gasteiger charge is -2.32. The zero-order valence-electron chi connectivity index (χ0n) is 15.0. The lowest BCUT2D eigenvalue weighted by molar-refractivity contribution is 0.0921. The molecule has 1 aromatic carbocycles. The van der Waals surface area contributed by atoms with E-state index < -0.39 is 0 Å². The molecule has 2 heterocycles. The second-order valence-electron chi connectivity index (χ2n) is 7.17. The van der Waals surface area contributed by atoms with E-state index in [-0.39, 0.29) is 17.9 Å². The zero-order valence-corrected chi connectivity index (χ0v) is 15.0. The summed E-state index contributed by atoms with van der Waals surface area (Å²) < 4.78 is 5.52. The van der Waals surface area contributed by atoms with Gasteiger partial charge in [-0.15, -0.1) is 0 Å². The molecule has 2 aliphatic heterocycles. The number of nitrogens with one attached hydrogen (secondary N) is 2. The largest absolute Gasteiger partial charge is 0.491 e. The van der Waals surface area contributed by atoms with Crippen LogP contribution in [0.15, 0.2) is 18.2 Å². The Morgan fingerprint density at radius 2 is 2.16 bits per heavy atom. The summed E-state index contributed by atoms with van der Waals surface area (Å²) in [7, 11) is 0. The molecule has 1 unspecified atom stereocenters. The van der Waals surface area contributed by atoms with Gasteiger partial charge >= 0.3 is 0 Å². The summed E-state index contributed by atoms with van der Waals surface area (Å²) in [4.78, 5) is 27.0. The van der Waals surface area contributed by atoms with E-state index in [1.54, 1.807) is 18.2 Å². The monoisotopic (exact) mass is 345 g/mol. The molecule has 1 atom stereocenters. The summed E-state index contributed by atoms with van der Waals surface area (Å²) in [6, 6.07) is 5.08. The fraction of sp³-hybridized carbons (Fsp3) is 0.579. The Bertz CT molecular complexity index is 639. The molecule has 1 fully saturated rings. The predicted octanol–water partition coefficient (Wildman–Crippen LogP) is 1.66. The van der Waals surface area contributed by atoms with Crippen molar-refractivity contribution in [3.8, 4) is 5.75 Å². The maximum atomic E-state index is 12.5. The average molecular weight is 345 g/mol. The predicted molar refractivity (Wildman–Crippen MR) is 96.0 cm³/mol. The van der Waals surface area contributed by atoms with Gasteiger partial charge in [-0.3, -0.25) is 9.59 Å². The van der Waals surface area contributed by atoms with E-state index in [4.69, 9.17) is 4.74 Å². The number of rotatable bonds is 4. The number of nitrogens with zero attached hydrogens (tertiary/aromatic N) is 1. The lowest BCUT2D eigenvalue weighted by atomic mass is 9.99. The Kier molecular flexibility index (Phi) is 5.58. The molecule has 0 aliphatic carbocycles. The quantitative estimate of drug-likeness (QED) is 0.871. The molecule has 2 aliphatic rings. The van der Waals surface area contributed by atoms with Crippen LogP contribution in [0.3, 0.4) is 0 Å². The van der Waals surface area contributed by atoms with Gasteiger partial charge in [-0.05, 0) is 57.0 Å². The number of benzene rings is 1. The van der Waals surface area contributed by atoms with Gasteiger partial charge in [0, 0.05) is 18.2 Å². The van der Waals surface area contributed by atoms with E-state index in [2.05, 4.69) is 22.5 Å². The summed E-state index contributed by atoms with van der Waals surface area (Å²) >= 11 is 0. The molecule has 136 valence electrons. The number of likely N-dealkylation sites (tertiary alicyclic amines) is 1. The highest BCUT2D eigenvalue weighted by molar-refractivity contribution is 6.01. The Morgan fingerprint density at radius 1 is 1.40 bits per heavy atom. The molecule has 0 aromatic heterocycles. The number of hydrogen-bond acceptors (Lipinski definition) is 4. The highest BCUT2D eigenvalue weighted by atomic mass is 16.5. The SMILES string of the molecule is CC1CCN(CC(C)NC(=O)c2ccc3c(c2)C(=O)NCCO3)CC1. The Balaban J connectivity index is 1.60. The number of hydrogen-bond donors (Lipinski definition) is 2.